The SMILES string of the molecule is O=S(=O)(NC(F)(F)C(O)(F)F)C(F)(F)C(F)(F)C(F)(F)C(F)(F)C(F)(F)C(F)(F)C(F)(F)C(F)(F)F. The molecule has 218 valence electrons. The monoisotopic (exact) mass is 615 g/mol. The van der Waals surface area contributed by atoms with Crippen LogP contribution in [0.25, 0.3) is 0 Å². The van der Waals surface area contributed by atoms with Gasteiger partial charge < -0.3 is 5.11 Å². The van der Waals surface area contributed by atoms with Gasteiger partial charge in [-0.2, -0.15) is 92.2 Å². The van der Waals surface area contributed by atoms with Crippen LogP contribution in [0.15, 0.2) is 0 Å². The van der Waals surface area contributed by atoms with Gasteiger partial charge in [-0.15, -0.1) is 4.72 Å². The van der Waals surface area contributed by atoms with Gasteiger partial charge in [-0.1, -0.05) is 0 Å². The normalized spacial score (nSPS) is 16.9. The zero-order valence-electron chi connectivity index (χ0n) is 15.1. The average molecular weight is 615 g/mol. The van der Waals surface area contributed by atoms with Crippen molar-refractivity contribution in [2.45, 2.75) is 59.1 Å². The Morgan fingerprint density at radius 2 is 0.694 bits per heavy atom. The van der Waals surface area contributed by atoms with E-state index in [0.717, 1.165) is 0 Å². The van der Waals surface area contributed by atoms with Crippen LogP contribution in [0.1, 0.15) is 0 Å². The van der Waals surface area contributed by atoms with Gasteiger partial charge in [-0.25, -0.2) is 8.42 Å². The molecule has 0 fully saturated rings. The van der Waals surface area contributed by atoms with Crippen LogP contribution < -0.4 is 4.72 Å². The van der Waals surface area contributed by atoms with Crippen molar-refractivity contribution in [3.05, 3.63) is 0 Å². The van der Waals surface area contributed by atoms with Gasteiger partial charge in [0.25, 0.3) is 10.0 Å². The van der Waals surface area contributed by atoms with Crippen molar-refractivity contribution in [2.75, 3.05) is 0 Å². The van der Waals surface area contributed by atoms with Gasteiger partial charge in [-0.05, 0) is 0 Å². The molecule has 36 heavy (non-hydrogen) atoms. The molecule has 0 saturated carbocycles. The molecule has 0 spiro atoms. The second-order valence-corrected chi connectivity index (χ2v) is 7.91. The fourth-order valence-corrected chi connectivity index (χ4v) is 2.67. The molecule has 0 unspecified atom stereocenters. The van der Waals surface area contributed by atoms with Gasteiger partial charge in [0, 0.05) is 0 Å². The van der Waals surface area contributed by atoms with Gasteiger partial charge in [0.2, 0.25) is 0 Å². The fourth-order valence-electron chi connectivity index (χ4n) is 1.61. The van der Waals surface area contributed by atoms with Crippen LogP contribution in [-0.2, 0) is 10.0 Å². The fraction of sp³-hybridized carbons (Fsp3) is 1.00. The van der Waals surface area contributed by atoms with Crippen LogP contribution in [0.5, 0.6) is 0 Å². The summed E-state index contributed by atoms with van der Waals surface area (Å²) in [6, 6.07) is -7.10. The molecular weight excluding hydrogens is 613 g/mol. The summed E-state index contributed by atoms with van der Waals surface area (Å²) in [6.45, 7) is 0. The highest BCUT2D eigenvalue weighted by Crippen LogP contribution is 2.64. The van der Waals surface area contributed by atoms with Crippen molar-refractivity contribution in [3.63, 3.8) is 0 Å². The first-order valence-electron chi connectivity index (χ1n) is 7.18. The number of rotatable bonds is 10. The number of hydrogen-bond donors (Lipinski definition) is 2. The van der Waals surface area contributed by atoms with Gasteiger partial charge in [0.15, 0.2) is 0 Å². The van der Waals surface area contributed by atoms with Crippen molar-refractivity contribution < 1.29 is 106 Å². The lowest BCUT2D eigenvalue weighted by Crippen LogP contribution is -2.75. The lowest BCUT2D eigenvalue weighted by molar-refractivity contribution is -0.458. The number of alkyl halides is 21. The van der Waals surface area contributed by atoms with E-state index in [1.807, 2.05) is 0 Å². The Labute approximate surface area is 181 Å². The van der Waals surface area contributed by atoms with E-state index in [4.69, 9.17) is 5.11 Å². The summed E-state index contributed by atoms with van der Waals surface area (Å²) >= 11 is 0. The first-order chi connectivity index (χ1) is 15.0. The zero-order chi connectivity index (χ0) is 30.2. The van der Waals surface area contributed by atoms with Gasteiger partial charge in [0.05, 0.1) is 0 Å². The minimum Gasteiger partial charge on any atom is -0.330 e. The zero-order valence-corrected chi connectivity index (χ0v) is 15.9. The van der Waals surface area contributed by atoms with Crippen molar-refractivity contribution in [2.24, 2.45) is 0 Å². The third-order valence-electron chi connectivity index (χ3n) is 3.67. The Hall–Kier alpha value is -1.60. The minimum absolute atomic E-state index is 1.62. The Kier molecular flexibility index (Phi) is 7.83. The van der Waals surface area contributed by atoms with Crippen LogP contribution >= 0.6 is 0 Å². The van der Waals surface area contributed by atoms with E-state index in [0.29, 0.717) is 0 Å². The molecule has 0 radical (unpaired) electrons. The van der Waals surface area contributed by atoms with Gasteiger partial charge >= 0.3 is 59.1 Å². The highest BCUT2D eigenvalue weighted by atomic mass is 32.2. The average Bonchev–Trinajstić information content (AvgIpc) is 2.57. The molecule has 0 aliphatic rings. The molecule has 0 aromatic carbocycles. The summed E-state index contributed by atoms with van der Waals surface area (Å²) in [6.07, 6.45) is -14.9. The van der Waals surface area contributed by atoms with E-state index < -0.39 is 73.9 Å². The lowest BCUT2D eigenvalue weighted by Gasteiger charge is -2.42. The maximum atomic E-state index is 13.4. The first kappa shape index (κ1) is 34.4. The Balaban J connectivity index is 7.01. The Bertz CT molecular complexity index is 929. The Morgan fingerprint density at radius 3 is 0.944 bits per heavy atom. The predicted octanol–water partition coefficient (Wildman–Crippen LogP) is 5.05. The molecule has 0 aromatic heterocycles. The molecule has 4 nitrogen and oxygen atoms in total. The molecule has 0 rings (SSSR count). The summed E-state index contributed by atoms with van der Waals surface area (Å²) in [7, 11) is -8.73. The first-order valence-corrected chi connectivity index (χ1v) is 8.67. The third kappa shape index (κ3) is 4.38. The van der Waals surface area contributed by atoms with Crippen molar-refractivity contribution in [1.82, 2.24) is 4.72 Å². The number of sulfonamides is 1. The van der Waals surface area contributed by atoms with E-state index in [2.05, 4.69) is 0 Å². The van der Waals surface area contributed by atoms with E-state index in [1.54, 1.807) is 0 Å². The third-order valence-corrected chi connectivity index (χ3v) is 5.13. The summed E-state index contributed by atoms with van der Waals surface area (Å²) in [5.74, 6) is -54.0. The van der Waals surface area contributed by atoms with Crippen molar-refractivity contribution >= 4 is 10.0 Å². The second kappa shape index (κ2) is 8.20. The molecule has 0 aliphatic carbocycles. The van der Waals surface area contributed by atoms with E-state index >= 15 is 0 Å². The van der Waals surface area contributed by atoms with Crippen LogP contribution in [0.3, 0.4) is 0 Å². The summed E-state index contributed by atoms with van der Waals surface area (Å²) in [4.78, 5) is 0. The molecule has 0 aromatic rings. The number of halogens is 21. The number of nitrogens with one attached hydrogen (secondary N) is 1. The number of hydrogen-bond acceptors (Lipinski definition) is 3. The molecule has 0 atom stereocenters. The van der Waals surface area contributed by atoms with E-state index in [9.17, 15) is 101 Å². The molecule has 26 heteroatoms. The maximum absolute atomic E-state index is 13.4. The lowest BCUT2D eigenvalue weighted by atomic mass is 9.91. The van der Waals surface area contributed by atoms with Crippen molar-refractivity contribution in [1.29, 1.82) is 0 Å². The smallest absolute Gasteiger partial charge is 0.330 e. The standard InChI is InChI=1S/C10H2F21NO3S/c11-1(12,3(15,16)5(19,20)7(23,24)25)2(13,14)4(17,18)6(21,22)10(30,31)36(34,35)32-8(26,27)9(28,29)33/h32-33H. The molecule has 0 amide bonds. The largest absolute Gasteiger partial charge is 0.460 e. The number of aliphatic hydroxyl groups is 1. The topological polar surface area (TPSA) is 66.4 Å². The van der Waals surface area contributed by atoms with Crippen LogP contribution in [0.2, 0.25) is 0 Å². The van der Waals surface area contributed by atoms with E-state index in [1.165, 1.54) is 0 Å². The molecule has 0 heterocycles. The van der Waals surface area contributed by atoms with Gasteiger partial charge in [0.1, 0.15) is 0 Å². The van der Waals surface area contributed by atoms with Crippen LogP contribution in [0.4, 0.5) is 92.2 Å². The minimum atomic E-state index is -9.23. The molecule has 0 saturated heterocycles. The van der Waals surface area contributed by atoms with Crippen molar-refractivity contribution in [3.8, 4) is 0 Å². The highest BCUT2D eigenvalue weighted by molar-refractivity contribution is 7.90. The van der Waals surface area contributed by atoms with E-state index in [-0.39, 0.29) is 0 Å². The molecule has 0 aliphatic heterocycles. The summed E-state index contributed by atoms with van der Waals surface area (Å²) in [5.41, 5.74) is 0. The highest BCUT2D eigenvalue weighted by Gasteiger charge is 2.96. The van der Waals surface area contributed by atoms with Crippen LogP contribution in [-0.4, -0.2) is 72.6 Å². The van der Waals surface area contributed by atoms with Crippen LogP contribution in [0, 0.1) is 0 Å². The maximum Gasteiger partial charge on any atom is 0.460 e. The quantitative estimate of drug-likeness (QED) is 0.267. The van der Waals surface area contributed by atoms with Gasteiger partial charge in [-0.3, -0.25) is 0 Å². The summed E-state index contributed by atoms with van der Waals surface area (Å²) in [5, 5.41) is -0.952. The summed E-state index contributed by atoms with van der Waals surface area (Å²) < 4.78 is 290. The Morgan fingerprint density at radius 1 is 0.444 bits per heavy atom. The molecule has 2 N–H and O–H groups in total. The molecular formula is C10H2F21NO3S. The second-order valence-electron chi connectivity index (χ2n) is 6.18. The molecule has 0 bridgehead atoms. The predicted molar refractivity (Wildman–Crippen MR) is 64.9 cm³/mol.